The molecule has 1 aromatic carbocycles. The number of hydrogen-bond acceptors (Lipinski definition) is 1. The van der Waals surface area contributed by atoms with E-state index in [-0.39, 0.29) is 5.82 Å². The maximum absolute atomic E-state index is 12.1. The van der Waals surface area contributed by atoms with E-state index in [1.807, 2.05) is 20.8 Å². The minimum atomic E-state index is -0.171. The average molecular weight is 347 g/mol. The predicted octanol–water partition coefficient (Wildman–Crippen LogP) is 7.64. The van der Waals surface area contributed by atoms with E-state index in [2.05, 4.69) is 44.1 Å². The Morgan fingerprint density at radius 3 is 2.21 bits per heavy atom. The van der Waals surface area contributed by atoms with E-state index in [9.17, 15) is 4.39 Å². The lowest BCUT2D eigenvalue weighted by Gasteiger charge is -2.00. The summed E-state index contributed by atoms with van der Waals surface area (Å²) in [5.41, 5.74) is 3.69. The number of halogens is 1. The van der Waals surface area contributed by atoms with E-state index in [4.69, 9.17) is 0 Å². The molecule has 0 saturated heterocycles. The summed E-state index contributed by atoms with van der Waals surface area (Å²) in [6, 6.07) is 6.40. The second kappa shape index (κ2) is 13.9. The number of benzene rings is 1. The lowest BCUT2D eigenvalue weighted by atomic mass is 10.1. The highest BCUT2D eigenvalue weighted by atomic mass is 32.2. The molecule has 1 aliphatic rings. The van der Waals surface area contributed by atoms with E-state index < -0.39 is 0 Å². The van der Waals surface area contributed by atoms with E-state index in [1.54, 1.807) is 23.9 Å². The summed E-state index contributed by atoms with van der Waals surface area (Å²) in [4.78, 5) is 1.30. The molecule has 0 nitrogen and oxygen atoms in total. The van der Waals surface area contributed by atoms with Crippen molar-refractivity contribution in [3.8, 4) is 0 Å². The molecule has 0 spiro atoms. The van der Waals surface area contributed by atoms with Crippen molar-refractivity contribution in [1.82, 2.24) is 0 Å². The van der Waals surface area contributed by atoms with Gasteiger partial charge in [0.1, 0.15) is 5.82 Å². The molecule has 1 aromatic rings. The topological polar surface area (TPSA) is 0 Å². The van der Waals surface area contributed by atoms with Crippen LogP contribution in [0.15, 0.2) is 71.2 Å². The summed E-state index contributed by atoms with van der Waals surface area (Å²) in [6.07, 6.45) is 14.5. The van der Waals surface area contributed by atoms with Crippen LogP contribution in [0.25, 0.3) is 0 Å². The van der Waals surface area contributed by atoms with Crippen molar-refractivity contribution >= 4 is 11.8 Å². The Balaban J connectivity index is 0.000000447. The van der Waals surface area contributed by atoms with Crippen LogP contribution >= 0.6 is 11.8 Å². The highest BCUT2D eigenvalue weighted by Crippen LogP contribution is 2.25. The fourth-order valence-electron chi connectivity index (χ4n) is 2.07. The van der Waals surface area contributed by atoms with Crippen LogP contribution in [0, 0.1) is 12.7 Å². The van der Waals surface area contributed by atoms with Gasteiger partial charge in [-0.05, 0) is 68.7 Å². The summed E-state index contributed by atoms with van der Waals surface area (Å²) >= 11 is 1.77. The van der Waals surface area contributed by atoms with Crippen molar-refractivity contribution in [1.29, 1.82) is 0 Å². The van der Waals surface area contributed by atoms with Crippen molar-refractivity contribution in [2.24, 2.45) is 0 Å². The van der Waals surface area contributed by atoms with Gasteiger partial charge in [0.15, 0.2) is 0 Å². The predicted molar refractivity (Wildman–Crippen MR) is 110 cm³/mol. The number of rotatable bonds is 4. The van der Waals surface area contributed by atoms with Gasteiger partial charge in [-0.15, -0.1) is 11.8 Å². The third-order valence-corrected chi connectivity index (χ3v) is 4.28. The first-order valence-corrected chi connectivity index (χ1v) is 9.78. The lowest BCUT2D eigenvalue weighted by molar-refractivity contribution is 0.627. The van der Waals surface area contributed by atoms with E-state index >= 15 is 0 Å². The second-order valence-corrected chi connectivity index (χ2v) is 6.05. The maximum atomic E-state index is 12.1. The normalized spacial score (nSPS) is 13.6. The SMILES string of the molecule is C=C(/C=C\C(=C/C)SC)C1=CCCC1.CC.Cc1ccc(F)cc1. The number of allylic oxidation sites excluding steroid dienone is 6. The fourth-order valence-corrected chi connectivity index (χ4v) is 2.51. The molecule has 0 amide bonds. The Labute approximate surface area is 152 Å². The number of aryl methyl sites for hydroxylation is 1. The largest absolute Gasteiger partial charge is 0.207 e. The molecule has 0 unspecified atom stereocenters. The third-order valence-electron chi connectivity index (χ3n) is 3.43. The first kappa shape index (κ1) is 22.5. The Bertz CT molecular complexity index is 541. The molecule has 0 heterocycles. The van der Waals surface area contributed by atoms with Gasteiger partial charge in [-0.3, -0.25) is 0 Å². The van der Waals surface area contributed by atoms with Gasteiger partial charge < -0.3 is 0 Å². The van der Waals surface area contributed by atoms with Gasteiger partial charge in [0.25, 0.3) is 0 Å². The van der Waals surface area contributed by atoms with Crippen molar-refractivity contribution < 1.29 is 4.39 Å². The lowest BCUT2D eigenvalue weighted by Crippen LogP contribution is -1.80. The molecular formula is C22H31FS. The number of hydrogen-bond donors (Lipinski definition) is 0. The smallest absolute Gasteiger partial charge is 0.123 e. The Morgan fingerprint density at radius 2 is 1.79 bits per heavy atom. The van der Waals surface area contributed by atoms with Crippen LogP contribution in [0.5, 0.6) is 0 Å². The van der Waals surface area contributed by atoms with Crippen LogP contribution in [0.2, 0.25) is 0 Å². The minimum absolute atomic E-state index is 0.171. The van der Waals surface area contributed by atoms with Crippen molar-refractivity contribution in [2.45, 2.75) is 47.0 Å². The Kier molecular flexibility index (Phi) is 13.0. The highest BCUT2D eigenvalue weighted by Gasteiger charge is 2.05. The van der Waals surface area contributed by atoms with Gasteiger partial charge in [0.2, 0.25) is 0 Å². The molecule has 0 fully saturated rings. The van der Waals surface area contributed by atoms with Crippen LogP contribution in [-0.2, 0) is 0 Å². The zero-order valence-electron chi connectivity index (χ0n) is 15.7. The summed E-state index contributed by atoms with van der Waals surface area (Å²) in [7, 11) is 0. The van der Waals surface area contributed by atoms with Gasteiger partial charge >= 0.3 is 0 Å². The van der Waals surface area contributed by atoms with E-state index in [0.717, 1.165) is 5.56 Å². The maximum Gasteiger partial charge on any atom is 0.123 e. The minimum Gasteiger partial charge on any atom is -0.207 e. The molecule has 0 bridgehead atoms. The van der Waals surface area contributed by atoms with Gasteiger partial charge in [0, 0.05) is 4.91 Å². The summed E-state index contributed by atoms with van der Waals surface area (Å²) in [6.45, 7) is 12.1. The first-order chi connectivity index (χ1) is 11.6. The molecule has 24 heavy (non-hydrogen) atoms. The van der Waals surface area contributed by atoms with Crippen LogP contribution in [0.3, 0.4) is 0 Å². The molecule has 2 heteroatoms. The zero-order valence-corrected chi connectivity index (χ0v) is 16.5. The monoisotopic (exact) mass is 346 g/mol. The van der Waals surface area contributed by atoms with E-state index in [0.29, 0.717) is 0 Å². The molecule has 2 rings (SSSR count). The molecule has 0 saturated carbocycles. The summed E-state index contributed by atoms with van der Waals surface area (Å²) in [5, 5.41) is 0. The quantitative estimate of drug-likeness (QED) is 0.505. The molecule has 0 atom stereocenters. The van der Waals surface area contributed by atoms with Gasteiger partial charge in [-0.25, -0.2) is 4.39 Å². The van der Waals surface area contributed by atoms with Crippen LogP contribution in [0.1, 0.15) is 45.6 Å². The third kappa shape index (κ3) is 9.57. The highest BCUT2D eigenvalue weighted by molar-refractivity contribution is 8.02. The molecule has 132 valence electrons. The van der Waals surface area contributed by atoms with Crippen LogP contribution < -0.4 is 0 Å². The second-order valence-electron chi connectivity index (χ2n) is 5.17. The molecule has 0 N–H and O–H groups in total. The molecule has 0 radical (unpaired) electrons. The molecule has 1 aliphatic carbocycles. The Morgan fingerprint density at radius 1 is 1.17 bits per heavy atom. The van der Waals surface area contributed by atoms with Gasteiger partial charge in [-0.1, -0.05) is 56.4 Å². The fraction of sp³-hybridized carbons (Fsp3) is 0.364. The number of thioether (sulfide) groups is 1. The van der Waals surface area contributed by atoms with Crippen LogP contribution in [-0.4, -0.2) is 6.26 Å². The molecule has 0 aromatic heterocycles. The first-order valence-electron chi connectivity index (χ1n) is 8.55. The standard InChI is InChI=1S/C13H18S.C7H7F.C2H6/c1-4-13(14-3)10-9-11(2)12-7-5-6-8-12;1-6-2-4-7(8)5-3-6;1-2/h4,7,9-10H,2,5-6,8H2,1,3H3;2-5H,1H3;1-2H3/b10-9-,13-4+;;. The van der Waals surface area contributed by atoms with Gasteiger partial charge in [-0.2, -0.15) is 0 Å². The van der Waals surface area contributed by atoms with Crippen molar-refractivity contribution in [3.05, 3.63) is 82.6 Å². The van der Waals surface area contributed by atoms with Crippen molar-refractivity contribution in [3.63, 3.8) is 0 Å². The van der Waals surface area contributed by atoms with Gasteiger partial charge in [0.05, 0.1) is 0 Å². The molecule has 0 aliphatic heterocycles. The molecular weight excluding hydrogens is 315 g/mol. The van der Waals surface area contributed by atoms with Crippen LogP contribution in [0.4, 0.5) is 4.39 Å². The summed E-state index contributed by atoms with van der Waals surface area (Å²) < 4.78 is 12.1. The van der Waals surface area contributed by atoms with Crippen molar-refractivity contribution in [2.75, 3.05) is 6.26 Å². The van der Waals surface area contributed by atoms with E-state index in [1.165, 1.54) is 47.4 Å². The zero-order chi connectivity index (χ0) is 18.4. The Hall–Kier alpha value is -1.54. The average Bonchev–Trinajstić information content (AvgIpc) is 3.15. The summed E-state index contributed by atoms with van der Waals surface area (Å²) in [5.74, 6) is -0.171.